The summed E-state index contributed by atoms with van der Waals surface area (Å²) in [5.41, 5.74) is 1.09. The number of ether oxygens (including phenoxy) is 1. The molecule has 4 nitrogen and oxygen atoms in total. The zero-order valence-electron chi connectivity index (χ0n) is 12.0. The van der Waals surface area contributed by atoms with E-state index in [0.717, 1.165) is 27.9 Å². The molecule has 20 heavy (non-hydrogen) atoms. The minimum atomic E-state index is 0.459. The van der Waals surface area contributed by atoms with Crippen LogP contribution in [0.5, 0.6) is 5.75 Å². The second kappa shape index (κ2) is 7.26. The lowest BCUT2D eigenvalue weighted by molar-refractivity contribution is 0.413. The maximum Gasteiger partial charge on any atom is 0.192 e. The zero-order valence-corrected chi connectivity index (χ0v) is 12.8. The molecule has 0 bridgehead atoms. The molecule has 0 fully saturated rings. The van der Waals surface area contributed by atoms with Crippen molar-refractivity contribution in [2.75, 3.05) is 7.11 Å². The van der Waals surface area contributed by atoms with Gasteiger partial charge in [0.25, 0.3) is 0 Å². The monoisotopic (exact) mass is 289 g/mol. The smallest absolute Gasteiger partial charge is 0.192 e. The molecule has 1 aromatic carbocycles. The molecule has 0 saturated carbocycles. The van der Waals surface area contributed by atoms with Gasteiger partial charge in [-0.3, -0.25) is 0 Å². The molecule has 1 heterocycles. The van der Waals surface area contributed by atoms with E-state index in [1.54, 1.807) is 7.11 Å². The van der Waals surface area contributed by atoms with Crippen LogP contribution in [0.15, 0.2) is 46.7 Å². The molecule has 0 atom stereocenters. The van der Waals surface area contributed by atoms with E-state index in [4.69, 9.17) is 4.74 Å². The van der Waals surface area contributed by atoms with Crippen molar-refractivity contribution in [3.05, 3.63) is 42.2 Å². The summed E-state index contributed by atoms with van der Waals surface area (Å²) in [6.45, 7) is 5.03. The van der Waals surface area contributed by atoms with Crippen LogP contribution in [0.4, 0.5) is 0 Å². The molecule has 0 aliphatic carbocycles. The van der Waals surface area contributed by atoms with E-state index in [1.807, 2.05) is 36.7 Å². The van der Waals surface area contributed by atoms with Crippen molar-refractivity contribution in [3.8, 4) is 5.75 Å². The van der Waals surface area contributed by atoms with E-state index in [-0.39, 0.29) is 0 Å². The summed E-state index contributed by atoms with van der Waals surface area (Å²) in [4.78, 5) is 9.82. The Morgan fingerprint density at radius 3 is 2.65 bits per heavy atom. The fourth-order valence-corrected chi connectivity index (χ4v) is 2.32. The average Bonchev–Trinajstić information content (AvgIpc) is 2.47. The summed E-state index contributed by atoms with van der Waals surface area (Å²) in [7, 11) is 1.66. The first-order valence-corrected chi connectivity index (χ1v) is 7.35. The van der Waals surface area contributed by atoms with Crippen LogP contribution in [0, 0.1) is 0 Å². The Bertz CT molecular complexity index is 543. The standard InChI is InChI=1S/C15H19N3OS/c1-11(2)16-8-12-9-17-15(18-10-12)20-14-6-4-5-13(7-14)19-3/h4-7,9-11,16H,8H2,1-3H3. The van der Waals surface area contributed by atoms with Gasteiger partial charge in [0, 0.05) is 35.4 Å². The first-order chi connectivity index (χ1) is 9.67. The number of hydrogen-bond acceptors (Lipinski definition) is 5. The van der Waals surface area contributed by atoms with Gasteiger partial charge in [0.1, 0.15) is 5.75 Å². The van der Waals surface area contributed by atoms with Crippen molar-refractivity contribution in [3.63, 3.8) is 0 Å². The van der Waals surface area contributed by atoms with E-state index in [2.05, 4.69) is 29.1 Å². The molecular weight excluding hydrogens is 270 g/mol. The van der Waals surface area contributed by atoms with Crippen molar-refractivity contribution in [2.45, 2.75) is 36.5 Å². The maximum atomic E-state index is 5.20. The summed E-state index contributed by atoms with van der Waals surface area (Å²) >= 11 is 1.53. The molecule has 106 valence electrons. The highest BCUT2D eigenvalue weighted by molar-refractivity contribution is 7.99. The van der Waals surface area contributed by atoms with E-state index in [1.165, 1.54) is 11.8 Å². The van der Waals surface area contributed by atoms with Gasteiger partial charge in [-0.05, 0) is 30.0 Å². The quantitative estimate of drug-likeness (QED) is 0.828. The average molecular weight is 289 g/mol. The Kier molecular flexibility index (Phi) is 5.38. The number of rotatable bonds is 6. The van der Waals surface area contributed by atoms with Crippen LogP contribution in [-0.4, -0.2) is 23.1 Å². The highest BCUT2D eigenvalue weighted by atomic mass is 32.2. The van der Waals surface area contributed by atoms with Gasteiger partial charge in [0.15, 0.2) is 5.16 Å². The molecule has 5 heteroatoms. The SMILES string of the molecule is COc1cccc(Sc2ncc(CNC(C)C)cn2)c1. The van der Waals surface area contributed by atoms with E-state index in [0.29, 0.717) is 6.04 Å². The minimum Gasteiger partial charge on any atom is -0.497 e. The van der Waals surface area contributed by atoms with Crippen LogP contribution >= 0.6 is 11.8 Å². The predicted octanol–water partition coefficient (Wildman–Crippen LogP) is 3.13. The molecule has 1 aromatic heterocycles. The fourth-order valence-electron chi connectivity index (χ4n) is 1.58. The van der Waals surface area contributed by atoms with Gasteiger partial charge >= 0.3 is 0 Å². The number of benzene rings is 1. The lowest BCUT2D eigenvalue weighted by Crippen LogP contribution is -2.21. The van der Waals surface area contributed by atoms with Crippen LogP contribution in [-0.2, 0) is 6.54 Å². The zero-order chi connectivity index (χ0) is 14.4. The third kappa shape index (κ3) is 4.51. The second-order valence-electron chi connectivity index (χ2n) is 4.69. The Morgan fingerprint density at radius 1 is 1.25 bits per heavy atom. The molecule has 0 radical (unpaired) electrons. The lowest BCUT2D eigenvalue weighted by Gasteiger charge is -2.07. The van der Waals surface area contributed by atoms with Gasteiger partial charge in [-0.1, -0.05) is 19.9 Å². The Morgan fingerprint density at radius 2 is 2.00 bits per heavy atom. The highest BCUT2D eigenvalue weighted by Crippen LogP contribution is 2.27. The largest absolute Gasteiger partial charge is 0.497 e. The molecule has 0 unspecified atom stereocenters. The molecule has 0 aliphatic rings. The van der Waals surface area contributed by atoms with Crippen LogP contribution in [0.25, 0.3) is 0 Å². The van der Waals surface area contributed by atoms with Crippen molar-refractivity contribution < 1.29 is 4.74 Å². The van der Waals surface area contributed by atoms with Gasteiger partial charge in [-0.25, -0.2) is 9.97 Å². The molecule has 2 rings (SSSR count). The van der Waals surface area contributed by atoms with Crippen molar-refractivity contribution in [2.24, 2.45) is 0 Å². The highest BCUT2D eigenvalue weighted by Gasteiger charge is 2.03. The summed E-state index contributed by atoms with van der Waals surface area (Å²) < 4.78 is 5.20. The van der Waals surface area contributed by atoms with E-state index < -0.39 is 0 Å². The van der Waals surface area contributed by atoms with Gasteiger partial charge in [0.2, 0.25) is 0 Å². The summed E-state index contributed by atoms with van der Waals surface area (Å²) in [6, 6.07) is 8.33. The van der Waals surface area contributed by atoms with Crippen molar-refractivity contribution in [1.29, 1.82) is 0 Å². The van der Waals surface area contributed by atoms with Gasteiger partial charge in [-0.15, -0.1) is 0 Å². The Balaban J connectivity index is 1.99. The van der Waals surface area contributed by atoms with Gasteiger partial charge in [-0.2, -0.15) is 0 Å². The van der Waals surface area contributed by atoms with Gasteiger partial charge < -0.3 is 10.1 Å². The predicted molar refractivity (Wildman–Crippen MR) is 81.1 cm³/mol. The second-order valence-corrected chi connectivity index (χ2v) is 5.73. The molecular formula is C15H19N3OS. The van der Waals surface area contributed by atoms with E-state index in [9.17, 15) is 0 Å². The van der Waals surface area contributed by atoms with E-state index >= 15 is 0 Å². The number of nitrogens with zero attached hydrogens (tertiary/aromatic N) is 2. The molecule has 1 N–H and O–H groups in total. The Labute approximate surface area is 124 Å². The fraction of sp³-hybridized carbons (Fsp3) is 0.333. The first-order valence-electron chi connectivity index (χ1n) is 6.53. The number of nitrogens with one attached hydrogen (secondary N) is 1. The summed E-state index contributed by atoms with van der Waals surface area (Å²) in [6.07, 6.45) is 3.73. The number of hydrogen-bond donors (Lipinski definition) is 1. The lowest BCUT2D eigenvalue weighted by atomic mass is 10.3. The molecule has 0 spiro atoms. The molecule has 0 saturated heterocycles. The van der Waals surface area contributed by atoms with Crippen LogP contribution in [0.2, 0.25) is 0 Å². The number of methoxy groups -OCH3 is 1. The Hall–Kier alpha value is -1.59. The third-order valence-corrected chi connectivity index (χ3v) is 3.53. The van der Waals surface area contributed by atoms with Crippen LogP contribution < -0.4 is 10.1 Å². The number of aromatic nitrogens is 2. The molecule has 2 aromatic rings. The minimum absolute atomic E-state index is 0.459. The molecule has 0 amide bonds. The summed E-state index contributed by atoms with van der Waals surface area (Å²) in [5.74, 6) is 0.841. The van der Waals surface area contributed by atoms with Gasteiger partial charge in [0.05, 0.1) is 7.11 Å². The van der Waals surface area contributed by atoms with Crippen LogP contribution in [0.1, 0.15) is 19.4 Å². The molecule has 0 aliphatic heterocycles. The maximum absolute atomic E-state index is 5.20. The third-order valence-electron chi connectivity index (χ3n) is 2.65. The van der Waals surface area contributed by atoms with Crippen LogP contribution in [0.3, 0.4) is 0 Å². The first kappa shape index (κ1) is 14.8. The van der Waals surface area contributed by atoms with Crippen molar-refractivity contribution in [1.82, 2.24) is 15.3 Å². The normalized spacial score (nSPS) is 10.8. The van der Waals surface area contributed by atoms with Crippen molar-refractivity contribution >= 4 is 11.8 Å². The topological polar surface area (TPSA) is 47.0 Å². The summed E-state index contributed by atoms with van der Waals surface area (Å²) in [5, 5.41) is 4.08.